The van der Waals surface area contributed by atoms with Crippen molar-refractivity contribution in [3.8, 4) is 0 Å². The lowest BCUT2D eigenvalue weighted by atomic mass is 9.67. The van der Waals surface area contributed by atoms with Crippen LogP contribution in [-0.2, 0) is 14.8 Å². The van der Waals surface area contributed by atoms with Crippen LogP contribution in [0.2, 0.25) is 0 Å². The molecule has 1 aliphatic carbocycles. The minimum Gasteiger partial charge on any atom is -0.464 e. The number of ether oxygens (including phenoxy) is 1. The molecule has 0 spiro atoms. The number of methoxy groups -OCH3 is 1. The number of nitrogens with zero attached hydrogens (tertiary/aromatic N) is 1. The van der Waals surface area contributed by atoms with Crippen molar-refractivity contribution >= 4 is 27.3 Å². The smallest absolute Gasteiger partial charge is 0.358 e. The van der Waals surface area contributed by atoms with Crippen LogP contribution in [0.25, 0.3) is 0 Å². The lowest BCUT2D eigenvalue weighted by Crippen LogP contribution is -2.41. The lowest BCUT2D eigenvalue weighted by Gasteiger charge is -2.41. The second-order valence-corrected chi connectivity index (χ2v) is 7.83. The Morgan fingerprint density at radius 3 is 2.75 bits per heavy atom. The predicted octanol–water partition coefficient (Wildman–Crippen LogP) is 1.79. The van der Waals surface area contributed by atoms with Gasteiger partial charge < -0.3 is 4.74 Å². The summed E-state index contributed by atoms with van der Waals surface area (Å²) in [5, 5.41) is 0. The fourth-order valence-corrected chi connectivity index (χ4v) is 4.64. The average molecular weight is 318 g/mol. The van der Waals surface area contributed by atoms with E-state index in [9.17, 15) is 13.2 Å². The van der Waals surface area contributed by atoms with Crippen molar-refractivity contribution in [3.63, 3.8) is 0 Å². The van der Waals surface area contributed by atoms with Gasteiger partial charge >= 0.3 is 5.97 Å². The average Bonchev–Trinajstić information content (AvgIpc) is 2.87. The first-order valence-corrected chi connectivity index (χ1v) is 8.82. The second-order valence-electron chi connectivity index (χ2n) is 5.01. The van der Waals surface area contributed by atoms with Gasteiger partial charge in [-0.2, -0.15) is 0 Å². The number of rotatable bonds is 6. The van der Waals surface area contributed by atoms with Crippen LogP contribution in [0.5, 0.6) is 0 Å². The molecule has 0 radical (unpaired) electrons. The number of hydrogen-bond donors (Lipinski definition) is 1. The van der Waals surface area contributed by atoms with E-state index in [1.165, 1.54) is 12.6 Å². The Hall–Kier alpha value is -0.990. The van der Waals surface area contributed by atoms with Crippen LogP contribution in [0.3, 0.4) is 0 Å². The van der Waals surface area contributed by atoms with Crippen molar-refractivity contribution in [2.75, 3.05) is 13.7 Å². The minimum atomic E-state index is -3.72. The third kappa shape index (κ3) is 2.87. The van der Waals surface area contributed by atoms with E-state index in [-0.39, 0.29) is 15.3 Å². The van der Waals surface area contributed by atoms with Gasteiger partial charge in [-0.1, -0.05) is 13.3 Å². The Bertz CT molecular complexity index is 585. The Labute approximate surface area is 122 Å². The van der Waals surface area contributed by atoms with Gasteiger partial charge in [0.05, 0.1) is 12.6 Å². The summed E-state index contributed by atoms with van der Waals surface area (Å²) in [6, 6.07) is 0. The molecule has 1 fully saturated rings. The minimum absolute atomic E-state index is 0.0726. The number of nitrogens with one attached hydrogen (secondary N) is 1. The Kier molecular flexibility index (Phi) is 4.46. The molecule has 0 bridgehead atoms. The molecule has 0 atom stereocenters. The van der Waals surface area contributed by atoms with E-state index in [2.05, 4.69) is 21.4 Å². The quantitative estimate of drug-likeness (QED) is 0.808. The molecule has 0 aromatic carbocycles. The third-order valence-electron chi connectivity index (χ3n) is 3.96. The largest absolute Gasteiger partial charge is 0.464 e. The summed E-state index contributed by atoms with van der Waals surface area (Å²) in [6.07, 6.45) is 4.17. The molecule has 0 unspecified atom stereocenters. The molecule has 1 aromatic rings. The molecule has 2 rings (SSSR count). The van der Waals surface area contributed by atoms with Gasteiger partial charge in [0.25, 0.3) is 10.0 Å². The zero-order chi connectivity index (χ0) is 14.8. The first-order valence-electron chi connectivity index (χ1n) is 6.45. The molecule has 1 saturated carbocycles. The van der Waals surface area contributed by atoms with Crippen molar-refractivity contribution in [2.24, 2.45) is 5.41 Å². The highest BCUT2D eigenvalue weighted by Crippen LogP contribution is 2.43. The third-order valence-corrected chi connectivity index (χ3v) is 6.73. The number of esters is 1. The first kappa shape index (κ1) is 15.4. The maximum Gasteiger partial charge on any atom is 0.358 e. The summed E-state index contributed by atoms with van der Waals surface area (Å²) in [5.74, 6) is -0.736. The van der Waals surface area contributed by atoms with Crippen LogP contribution < -0.4 is 4.72 Å². The molecule has 112 valence electrons. The van der Waals surface area contributed by atoms with Gasteiger partial charge in [0.2, 0.25) is 0 Å². The van der Waals surface area contributed by atoms with E-state index in [0.717, 1.165) is 37.0 Å². The number of carbonyl (C=O) groups is 1. The molecule has 1 heterocycles. The standard InChI is InChI=1S/C12H18N2O4S2/c1-3-12(5-4-6-12)7-14-20(16,17)11-9(10(15)18-2)13-8-19-11/h8,14H,3-7H2,1-2H3. The summed E-state index contributed by atoms with van der Waals surface area (Å²) in [6.45, 7) is 2.48. The Balaban J connectivity index is 2.15. The molecular formula is C12H18N2O4S2. The summed E-state index contributed by atoms with van der Waals surface area (Å²) in [4.78, 5) is 15.3. The van der Waals surface area contributed by atoms with Gasteiger partial charge in [-0.15, -0.1) is 11.3 Å². The van der Waals surface area contributed by atoms with Crippen molar-refractivity contribution in [3.05, 3.63) is 11.2 Å². The maximum absolute atomic E-state index is 12.3. The van der Waals surface area contributed by atoms with Gasteiger partial charge in [-0.25, -0.2) is 22.9 Å². The number of aromatic nitrogens is 1. The summed E-state index contributed by atoms with van der Waals surface area (Å²) in [5.41, 5.74) is 1.26. The fourth-order valence-electron chi connectivity index (χ4n) is 2.30. The first-order chi connectivity index (χ1) is 9.44. The molecule has 1 N–H and O–H groups in total. The monoisotopic (exact) mass is 318 g/mol. The van der Waals surface area contributed by atoms with Crippen LogP contribution in [0.1, 0.15) is 43.1 Å². The van der Waals surface area contributed by atoms with Crippen molar-refractivity contribution < 1.29 is 17.9 Å². The van der Waals surface area contributed by atoms with Gasteiger partial charge in [-0.3, -0.25) is 0 Å². The number of sulfonamides is 1. The zero-order valence-corrected chi connectivity index (χ0v) is 13.1. The number of carbonyl (C=O) groups excluding carboxylic acids is 1. The SMILES string of the molecule is CCC1(CNS(=O)(=O)c2scnc2C(=O)OC)CCC1. The molecule has 6 nitrogen and oxygen atoms in total. The van der Waals surface area contributed by atoms with E-state index in [0.29, 0.717) is 6.54 Å². The van der Waals surface area contributed by atoms with Crippen LogP contribution in [0.15, 0.2) is 9.72 Å². The second kappa shape index (κ2) is 5.79. The fraction of sp³-hybridized carbons (Fsp3) is 0.667. The van der Waals surface area contributed by atoms with Crippen LogP contribution in [-0.4, -0.2) is 33.0 Å². The lowest BCUT2D eigenvalue weighted by molar-refractivity contribution is 0.0590. The highest BCUT2D eigenvalue weighted by molar-refractivity contribution is 7.91. The van der Waals surface area contributed by atoms with E-state index >= 15 is 0 Å². The summed E-state index contributed by atoms with van der Waals surface area (Å²) < 4.78 is 31.7. The van der Waals surface area contributed by atoms with Gasteiger partial charge in [0.1, 0.15) is 0 Å². The highest BCUT2D eigenvalue weighted by atomic mass is 32.2. The summed E-state index contributed by atoms with van der Waals surface area (Å²) >= 11 is 0.922. The molecule has 0 amide bonds. The molecule has 1 aliphatic rings. The van der Waals surface area contributed by atoms with E-state index in [4.69, 9.17) is 0 Å². The number of hydrogen-bond acceptors (Lipinski definition) is 6. The Morgan fingerprint density at radius 1 is 1.55 bits per heavy atom. The van der Waals surface area contributed by atoms with E-state index < -0.39 is 16.0 Å². The van der Waals surface area contributed by atoms with Crippen molar-refractivity contribution in [2.45, 2.75) is 36.8 Å². The molecule has 0 aliphatic heterocycles. The maximum atomic E-state index is 12.3. The zero-order valence-electron chi connectivity index (χ0n) is 11.5. The van der Waals surface area contributed by atoms with Crippen molar-refractivity contribution in [1.29, 1.82) is 0 Å². The van der Waals surface area contributed by atoms with Crippen molar-refractivity contribution in [1.82, 2.24) is 9.71 Å². The molecular weight excluding hydrogens is 300 g/mol. The van der Waals surface area contributed by atoms with E-state index in [1.807, 2.05) is 0 Å². The van der Waals surface area contributed by atoms with Gasteiger partial charge in [-0.05, 0) is 24.7 Å². The normalized spacial score (nSPS) is 17.5. The molecule has 0 saturated heterocycles. The topological polar surface area (TPSA) is 85.4 Å². The van der Waals surface area contributed by atoms with Gasteiger partial charge in [0, 0.05) is 6.54 Å². The number of thiazole rings is 1. The van der Waals surface area contributed by atoms with Crippen LogP contribution in [0.4, 0.5) is 0 Å². The molecule has 1 aromatic heterocycles. The molecule has 8 heteroatoms. The summed E-state index contributed by atoms with van der Waals surface area (Å²) in [7, 11) is -2.52. The molecule has 20 heavy (non-hydrogen) atoms. The highest BCUT2D eigenvalue weighted by Gasteiger charge is 2.37. The van der Waals surface area contributed by atoms with Crippen LogP contribution >= 0.6 is 11.3 Å². The van der Waals surface area contributed by atoms with Crippen LogP contribution in [0, 0.1) is 5.41 Å². The predicted molar refractivity (Wildman–Crippen MR) is 75.2 cm³/mol. The van der Waals surface area contributed by atoms with Gasteiger partial charge in [0.15, 0.2) is 9.90 Å². The Morgan fingerprint density at radius 2 is 2.25 bits per heavy atom. The van der Waals surface area contributed by atoms with E-state index in [1.54, 1.807) is 0 Å².